The average Bonchev–Trinajstić information content (AvgIpc) is 1.82. The van der Waals surface area contributed by atoms with Crippen molar-refractivity contribution in [1.82, 2.24) is 0 Å². The first-order valence-corrected chi connectivity index (χ1v) is 3.98. The highest BCUT2D eigenvalue weighted by molar-refractivity contribution is 14.1. The molecule has 0 saturated heterocycles. The molecule has 0 aliphatic carbocycles. The van der Waals surface area contributed by atoms with Gasteiger partial charge in [-0.3, -0.25) is 0 Å². The highest BCUT2D eigenvalue weighted by Crippen LogP contribution is 2.23. The van der Waals surface area contributed by atoms with Gasteiger partial charge in [-0.1, -0.05) is 0 Å². The Morgan fingerprint density at radius 2 is 2.08 bits per heavy atom. The van der Waals surface area contributed by atoms with Gasteiger partial charge in [-0.15, -0.1) is 13.2 Å². The van der Waals surface area contributed by atoms with Crippen molar-refractivity contribution < 1.29 is 17.9 Å². The maximum Gasteiger partial charge on any atom is 0.573 e. The van der Waals surface area contributed by atoms with E-state index < -0.39 is 6.36 Å². The summed E-state index contributed by atoms with van der Waals surface area (Å²) in [5, 5.41) is 0. The summed E-state index contributed by atoms with van der Waals surface area (Å²) in [7, 11) is 0. The summed E-state index contributed by atoms with van der Waals surface area (Å²) in [5.74, 6) is -0.311. The van der Waals surface area contributed by atoms with Crippen LogP contribution in [-0.2, 0) is 0 Å². The van der Waals surface area contributed by atoms with Gasteiger partial charge in [0.05, 0.1) is 0 Å². The van der Waals surface area contributed by atoms with Crippen LogP contribution in [0.3, 0.4) is 0 Å². The molecule has 0 saturated carbocycles. The molecule has 0 bridgehead atoms. The molecule has 0 N–H and O–H groups in total. The minimum atomic E-state index is -4.64. The molecule has 1 aromatic rings. The fraction of sp³-hybridized carbons (Fsp3) is 0.143. The van der Waals surface area contributed by atoms with Crippen LogP contribution in [-0.4, -0.2) is 6.36 Å². The first-order valence-electron chi connectivity index (χ1n) is 2.90. The zero-order valence-electron chi connectivity index (χ0n) is 5.65. The molecule has 0 aliphatic heterocycles. The van der Waals surface area contributed by atoms with Gasteiger partial charge in [-0.05, 0) is 40.8 Å². The summed E-state index contributed by atoms with van der Waals surface area (Å²) in [6.45, 7) is 0. The van der Waals surface area contributed by atoms with Crippen LogP contribution < -0.4 is 4.74 Å². The van der Waals surface area contributed by atoms with Gasteiger partial charge in [0, 0.05) is 9.64 Å². The molecule has 0 spiro atoms. The van der Waals surface area contributed by atoms with Gasteiger partial charge in [-0.2, -0.15) is 0 Å². The zero-order chi connectivity index (χ0) is 9.19. The SMILES string of the molecule is FC(F)(F)Oc1[c]ccc(I)c1. The molecule has 0 aliphatic rings. The van der Waals surface area contributed by atoms with E-state index >= 15 is 0 Å². The molecule has 0 amide bonds. The van der Waals surface area contributed by atoms with Crippen molar-refractivity contribution in [3.63, 3.8) is 0 Å². The van der Waals surface area contributed by atoms with Gasteiger partial charge < -0.3 is 4.74 Å². The van der Waals surface area contributed by atoms with Gasteiger partial charge >= 0.3 is 6.36 Å². The predicted octanol–water partition coefficient (Wildman–Crippen LogP) is 2.99. The highest BCUT2D eigenvalue weighted by atomic mass is 127. The van der Waals surface area contributed by atoms with Gasteiger partial charge in [0.1, 0.15) is 5.75 Å². The molecule has 1 aromatic carbocycles. The molecule has 0 fully saturated rings. The smallest absolute Gasteiger partial charge is 0.405 e. The minimum Gasteiger partial charge on any atom is -0.405 e. The van der Waals surface area contributed by atoms with Crippen LogP contribution >= 0.6 is 22.6 Å². The van der Waals surface area contributed by atoms with E-state index in [1.807, 2.05) is 22.6 Å². The van der Waals surface area contributed by atoms with E-state index in [0.29, 0.717) is 3.57 Å². The maximum atomic E-state index is 11.6. The second-order valence-electron chi connectivity index (χ2n) is 1.92. The average molecular weight is 287 g/mol. The Hall–Kier alpha value is -0.460. The van der Waals surface area contributed by atoms with E-state index in [-0.39, 0.29) is 5.75 Å². The van der Waals surface area contributed by atoms with E-state index in [0.717, 1.165) is 0 Å². The second-order valence-corrected chi connectivity index (χ2v) is 3.16. The Morgan fingerprint density at radius 1 is 1.42 bits per heavy atom. The van der Waals surface area contributed by atoms with Gasteiger partial charge in [0.25, 0.3) is 0 Å². The number of hydrogen-bond donors (Lipinski definition) is 0. The molecule has 0 heterocycles. The molecule has 0 unspecified atom stereocenters. The fourth-order valence-electron chi connectivity index (χ4n) is 0.602. The van der Waals surface area contributed by atoms with Crippen LogP contribution in [0.5, 0.6) is 5.75 Å². The Labute approximate surface area is 80.7 Å². The number of hydrogen-bond acceptors (Lipinski definition) is 1. The number of rotatable bonds is 1. The molecule has 1 radical (unpaired) electrons. The van der Waals surface area contributed by atoms with Gasteiger partial charge in [-0.25, -0.2) is 0 Å². The molecule has 65 valence electrons. The molecule has 1 rings (SSSR count). The van der Waals surface area contributed by atoms with Crippen LogP contribution in [0, 0.1) is 9.64 Å². The van der Waals surface area contributed by atoms with Gasteiger partial charge in [0.15, 0.2) is 0 Å². The van der Waals surface area contributed by atoms with Crippen LogP contribution in [0.2, 0.25) is 0 Å². The summed E-state index contributed by atoms with van der Waals surface area (Å²) in [4.78, 5) is 0. The van der Waals surface area contributed by atoms with E-state index in [1.165, 1.54) is 12.1 Å². The lowest BCUT2D eigenvalue weighted by Gasteiger charge is -2.07. The van der Waals surface area contributed by atoms with Crippen molar-refractivity contribution in [2.24, 2.45) is 0 Å². The minimum absolute atomic E-state index is 0.311. The topological polar surface area (TPSA) is 9.23 Å². The fourth-order valence-corrected chi connectivity index (χ4v) is 1.06. The van der Waals surface area contributed by atoms with E-state index in [9.17, 15) is 13.2 Å². The van der Waals surface area contributed by atoms with Crippen molar-refractivity contribution in [1.29, 1.82) is 0 Å². The maximum absolute atomic E-state index is 11.6. The molecular formula is C7H3F3IO. The number of benzene rings is 1. The first kappa shape index (κ1) is 9.63. The van der Waals surface area contributed by atoms with Crippen LogP contribution in [0.4, 0.5) is 13.2 Å². The lowest BCUT2D eigenvalue weighted by Crippen LogP contribution is -2.17. The molecule has 1 nitrogen and oxygen atoms in total. The second kappa shape index (κ2) is 3.51. The number of alkyl halides is 3. The van der Waals surface area contributed by atoms with E-state index in [4.69, 9.17) is 0 Å². The number of ether oxygens (including phenoxy) is 1. The van der Waals surface area contributed by atoms with E-state index in [2.05, 4.69) is 10.8 Å². The monoisotopic (exact) mass is 287 g/mol. The molecule has 5 heteroatoms. The molecular weight excluding hydrogens is 284 g/mol. The predicted molar refractivity (Wildman–Crippen MR) is 44.7 cm³/mol. The summed E-state index contributed by atoms with van der Waals surface area (Å²) in [5.41, 5.74) is 0. The molecule has 0 aromatic heterocycles. The third kappa shape index (κ3) is 3.29. The standard InChI is InChI=1S/C7H3F3IO/c8-7(9,10)12-6-3-1-2-5(11)4-6/h1-2,4H. The third-order valence-corrected chi connectivity index (χ3v) is 1.63. The quantitative estimate of drug-likeness (QED) is 0.721. The lowest BCUT2D eigenvalue weighted by atomic mass is 10.3. The van der Waals surface area contributed by atoms with Crippen molar-refractivity contribution >= 4 is 22.6 Å². The normalized spacial score (nSPS) is 11.3. The third-order valence-electron chi connectivity index (χ3n) is 0.963. The Bertz CT molecular complexity index is 272. The van der Waals surface area contributed by atoms with Gasteiger partial charge in [0.2, 0.25) is 0 Å². The van der Waals surface area contributed by atoms with Crippen LogP contribution in [0.25, 0.3) is 0 Å². The zero-order valence-corrected chi connectivity index (χ0v) is 7.81. The first-order chi connectivity index (χ1) is 5.47. The van der Waals surface area contributed by atoms with Crippen molar-refractivity contribution in [2.45, 2.75) is 6.36 Å². The summed E-state index contributed by atoms with van der Waals surface area (Å²) in [6.07, 6.45) is -4.64. The highest BCUT2D eigenvalue weighted by Gasteiger charge is 2.31. The summed E-state index contributed by atoms with van der Waals surface area (Å²) >= 11 is 1.89. The molecule has 0 atom stereocenters. The van der Waals surface area contributed by atoms with Crippen molar-refractivity contribution in [3.8, 4) is 5.75 Å². The summed E-state index contributed by atoms with van der Waals surface area (Å²) < 4.78 is 39.2. The summed E-state index contributed by atoms with van der Waals surface area (Å²) in [6, 6.07) is 6.58. The Morgan fingerprint density at radius 3 is 2.58 bits per heavy atom. The van der Waals surface area contributed by atoms with Crippen LogP contribution in [0.1, 0.15) is 0 Å². The largest absolute Gasteiger partial charge is 0.573 e. The number of halogens is 4. The lowest BCUT2D eigenvalue weighted by molar-refractivity contribution is -0.274. The van der Waals surface area contributed by atoms with E-state index in [1.54, 1.807) is 6.07 Å². The Kier molecular flexibility index (Phi) is 2.81. The molecule has 12 heavy (non-hydrogen) atoms. The van der Waals surface area contributed by atoms with Crippen molar-refractivity contribution in [3.05, 3.63) is 27.8 Å². The van der Waals surface area contributed by atoms with Crippen LogP contribution in [0.15, 0.2) is 18.2 Å². The Balaban J connectivity index is 2.77. The van der Waals surface area contributed by atoms with Crippen molar-refractivity contribution in [2.75, 3.05) is 0 Å².